The van der Waals surface area contributed by atoms with E-state index in [0.29, 0.717) is 0 Å². The first kappa shape index (κ1) is 31.4. The minimum atomic E-state index is -0.231. The van der Waals surface area contributed by atoms with E-state index in [0.717, 1.165) is 25.7 Å². The van der Waals surface area contributed by atoms with Crippen LogP contribution in [0.25, 0.3) is 0 Å². The Morgan fingerprint density at radius 2 is 0.559 bits per heavy atom. The first-order chi connectivity index (χ1) is 16.7. The molecule has 1 aliphatic carbocycles. The second kappa shape index (κ2) is 22.8. The van der Waals surface area contributed by atoms with E-state index in [2.05, 4.69) is 13.8 Å². The molecule has 2 heteroatoms. The Morgan fingerprint density at radius 3 is 0.794 bits per heavy atom. The molecule has 0 N–H and O–H groups in total. The van der Waals surface area contributed by atoms with E-state index < -0.39 is 0 Å². The molecule has 34 heavy (non-hydrogen) atoms. The summed E-state index contributed by atoms with van der Waals surface area (Å²) in [6, 6.07) is 0. The molecule has 0 aromatic carbocycles. The molecule has 1 fully saturated rings. The fourth-order valence-electron chi connectivity index (χ4n) is 5.62. The smallest absolute Gasteiger partial charge is 0.153 e. The molecule has 0 atom stereocenters. The molecule has 2 nitrogen and oxygen atoms in total. The van der Waals surface area contributed by atoms with E-state index >= 15 is 0 Å². The maximum Gasteiger partial charge on any atom is 0.153 e. The summed E-state index contributed by atoms with van der Waals surface area (Å²) in [5.41, 5.74) is 0. The van der Waals surface area contributed by atoms with E-state index in [-0.39, 0.29) is 23.4 Å². The minimum absolute atomic E-state index is 0.231. The van der Waals surface area contributed by atoms with Crippen LogP contribution >= 0.6 is 0 Å². The van der Waals surface area contributed by atoms with Gasteiger partial charge in [0.15, 0.2) is 11.6 Å². The van der Waals surface area contributed by atoms with Crippen molar-refractivity contribution in [2.75, 3.05) is 0 Å². The Hall–Kier alpha value is -0.660. The summed E-state index contributed by atoms with van der Waals surface area (Å²) in [5, 5.41) is 0. The lowest BCUT2D eigenvalue weighted by Gasteiger charge is -2.32. The summed E-state index contributed by atoms with van der Waals surface area (Å²) in [4.78, 5) is 24.8. The number of carbonyl (C=O) groups excluding carboxylic acids is 2. The molecule has 0 unspecified atom stereocenters. The Labute approximate surface area is 213 Å². The number of hydrogen-bond acceptors (Lipinski definition) is 2. The molecule has 0 heterocycles. The van der Waals surface area contributed by atoms with Gasteiger partial charge in [0.2, 0.25) is 0 Å². The van der Waals surface area contributed by atoms with Gasteiger partial charge in [-0.1, -0.05) is 168 Å². The van der Waals surface area contributed by atoms with Crippen LogP contribution in [-0.4, -0.2) is 11.6 Å². The molecular weight excluding hydrogens is 416 g/mol. The van der Waals surface area contributed by atoms with Crippen molar-refractivity contribution >= 4 is 11.6 Å². The van der Waals surface area contributed by atoms with Gasteiger partial charge in [-0.3, -0.25) is 9.59 Å². The lowest BCUT2D eigenvalue weighted by molar-refractivity contribution is -0.151. The van der Waals surface area contributed by atoms with E-state index in [9.17, 15) is 9.59 Å². The van der Waals surface area contributed by atoms with Gasteiger partial charge in [-0.05, 0) is 12.8 Å². The van der Waals surface area contributed by atoms with Crippen LogP contribution in [0.2, 0.25) is 0 Å². The van der Waals surface area contributed by atoms with Crippen molar-refractivity contribution in [2.24, 2.45) is 11.8 Å². The zero-order valence-corrected chi connectivity index (χ0v) is 23.4. The lowest BCUT2D eigenvalue weighted by Crippen LogP contribution is -2.48. The van der Waals surface area contributed by atoms with Crippen LogP contribution < -0.4 is 0 Å². The molecule has 1 rings (SSSR count). The summed E-state index contributed by atoms with van der Waals surface area (Å²) < 4.78 is 0. The highest BCUT2D eigenvalue weighted by molar-refractivity contribution is 6.23. The van der Waals surface area contributed by atoms with Crippen molar-refractivity contribution in [3.05, 3.63) is 0 Å². The van der Waals surface area contributed by atoms with Crippen molar-refractivity contribution in [1.29, 1.82) is 0 Å². The van der Waals surface area contributed by atoms with Gasteiger partial charge in [-0.25, -0.2) is 0 Å². The maximum atomic E-state index is 12.4. The third-order valence-electron chi connectivity index (χ3n) is 8.07. The van der Waals surface area contributed by atoms with Crippen LogP contribution in [0.3, 0.4) is 0 Å². The van der Waals surface area contributed by atoms with E-state index in [1.54, 1.807) is 0 Å². The van der Waals surface area contributed by atoms with Gasteiger partial charge in [-0.2, -0.15) is 0 Å². The molecule has 0 aromatic rings. The van der Waals surface area contributed by atoms with Gasteiger partial charge < -0.3 is 0 Å². The number of unbranched alkanes of at least 4 members (excludes halogenated alkanes) is 22. The van der Waals surface area contributed by atoms with E-state index in [4.69, 9.17) is 0 Å². The third kappa shape index (κ3) is 15.4. The van der Waals surface area contributed by atoms with Crippen LogP contribution in [0, 0.1) is 11.8 Å². The maximum absolute atomic E-state index is 12.4. The summed E-state index contributed by atoms with van der Waals surface area (Å²) >= 11 is 0. The van der Waals surface area contributed by atoms with Gasteiger partial charge >= 0.3 is 0 Å². The van der Waals surface area contributed by atoms with Crippen LogP contribution in [-0.2, 0) is 9.59 Å². The van der Waals surface area contributed by atoms with E-state index in [1.807, 2.05) is 0 Å². The fraction of sp³-hybridized carbons (Fsp3) is 0.938. The summed E-state index contributed by atoms with van der Waals surface area (Å²) in [6.07, 6.45) is 33.5. The molecule has 1 aliphatic rings. The fourth-order valence-corrected chi connectivity index (χ4v) is 5.62. The molecule has 0 aliphatic heterocycles. The van der Waals surface area contributed by atoms with Crippen molar-refractivity contribution in [3.8, 4) is 0 Å². The van der Waals surface area contributed by atoms with Crippen LogP contribution in [0.4, 0.5) is 0 Å². The van der Waals surface area contributed by atoms with Crippen LogP contribution in [0.5, 0.6) is 0 Å². The first-order valence-electron chi connectivity index (χ1n) is 15.8. The van der Waals surface area contributed by atoms with Gasteiger partial charge in [0.25, 0.3) is 0 Å². The van der Waals surface area contributed by atoms with Crippen LogP contribution in [0.1, 0.15) is 181 Å². The van der Waals surface area contributed by atoms with Gasteiger partial charge in [-0.15, -0.1) is 0 Å². The van der Waals surface area contributed by atoms with E-state index in [1.165, 1.54) is 141 Å². The van der Waals surface area contributed by atoms with Crippen molar-refractivity contribution in [1.82, 2.24) is 0 Å². The number of ketones is 2. The summed E-state index contributed by atoms with van der Waals surface area (Å²) in [7, 11) is 0. The average molecular weight is 477 g/mol. The predicted octanol–water partition coefficient (Wildman–Crippen LogP) is 10.6. The number of Topliss-reactive ketones (excluding diaryl/α,β-unsaturated/α-hetero) is 2. The first-order valence-corrected chi connectivity index (χ1v) is 15.8. The number of carbonyl (C=O) groups is 2. The monoisotopic (exact) mass is 476 g/mol. The Balaban J connectivity index is 1.86. The topological polar surface area (TPSA) is 34.1 Å². The second-order valence-corrected chi connectivity index (χ2v) is 11.3. The van der Waals surface area contributed by atoms with Gasteiger partial charge in [0.05, 0.1) is 11.8 Å². The Morgan fingerprint density at radius 1 is 0.353 bits per heavy atom. The molecule has 0 amide bonds. The Kier molecular flexibility index (Phi) is 21.0. The zero-order valence-electron chi connectivity index (χ0n) is 23.4. The summed E-state index contributed by atoms with van der Waals surface area (Å²) in [6.45, 7) is 4.55. The van der Waals surface area contributed by atoms with Gasteiger partial charge in [0.1, 0.15) is 0 Å². The lowest BCUT2D eigenvalue weighted by atomic mass is 9.68. The SMILES string of the molecule is CCCCCCCCCCCCCCC1C(=O)C(CCCCCCCCCCCCCC)C1=O. The molecule has 0 bridgehead atoms. The second-order valence-electron chi connectivity index (χ2n) is 11.3. The Bertz CT molecular complexity index is 427. The van der Waals surface area contributed by atoms with Crippen molar-refractivity contribution in [3.63, 3.8) is 0 Å². The van der Waals surface area contributed by atoms with Crippen molar-refractivity contribution < 1.29 is 9.59 Å². The molecule has 0 spiro atoms. The molecular formula is C32H60O2. The highest BCUT2D eigenvalue weighted by Crippen LogP contribution is 2.33. The molecule has 0 radical (unpaired) electrons. The standard InChI is InChI=1S/C32H60O2/c1-3-5-7-9-11-13-15-17-19-21-23-25-27-29-31(33)30(32(29)34)28-26-24-22-20-18-16-14-12-10-8-6-4-2/h29-30H,3-28H2,1-2H3. The third-order valence-corrected chi connectivity index (χ3v) is 8.07. The predicted molar refractivity (Wildman–Crippen MR) is 148 cm³/mol. The molecule has 0 saturated heterocycles. The zero-order chi connectivity index (χ0) is 24.7. The minimum Gasteiger partial charge on any atom is -0.298 e. The molecule has 0 aromatic heterocycles. The van der Waals surface area contributed by atoms with Crippen LogP contribution in [0.15, 0.2) is 0 Å². The quantitative estimate of drug-likeness (QED) is 0.0918. The van der Waals surface area contributed by atoms with Crippen molar-refractivity contribution in [2.45, 2.75) is 181 Å². The highest BCUT2D eigenvalue weighted by atomic mass is 16.2. The molecule has 200 valence electrons. The van der Waals surface area contributed by atoms with Gasteiger partial charge in [0, 0.05) is 0 Å². The summed E-state index contributed by atoms with van der Waals surface area (Å²) in [5.74, 6) is 0.0863. The number of rotatable bonds is 26. The normalized spacial score (nSPS) is 17.9. The molecule has 1 saturated carbocycles. The number of hydrogen-bond donors (Lipinski definition) is 0. The highest BCUT2D eigenvalue weighted by Gasteiger charge is 2.47. The average Bonchev–Trinajstić information content (AvgIpc) is 2.84. The largest absolute Gasteiger partial charge is 0.298 e.